The van der Waals surface area contributed by atoms with E-state index >= 15 is 0 Å². The third-order valence-electron chi connectivity index (χ3n) is 3.74. The van der Waals surface area contributed by atoms with Gasteiger partial charge in [0.2, 0.25) is 0 Å². The third kappa shape index (κ3) is 6.77. The van der Waals surface area contributed by atoms with Crippen molar-refractivity contribution in [2.75, 3.05) is 26.3 Å². The van der Waals surface area contributed by atoms with Gasteiger partial charge in [-0.05, 0) is 36.4 Å². The molecule has 1 fully saturated rings. The fourth-order valence-electron chi connectivity index (χ4n) is 2.45. The van der Waals surface area contributed by atoms with Crippen LogP contribution >= 0.6 is 19.3 Å². The molecule has 1 saturated heterocycles. The summed E-state index contributed by atoms with van der Waals surface area (Å²) < 4.78 is 9.21. The summed E-state index contributed by atoms with van der Waals surface area (Å²) in [6.45, 7) is 3.14. The molecule has 3 aromatic rings. The first-order valence-corrected chi connectivity index (χ1v) is 16.0. The van der Waals surface area contributed by atoms with E-state index in [1.807, 2.05) is 59.6 Å². The fraction of sp³-hybridized carbons (Fsp3) is 0.211. The predicted octanol–water partition coefficient (Wildman–Crippen LogP) is 4.55. The largest absolute Gasteiger partial charge is 0.255 e. The Bertz CT molecular complexity index is 834. The van der Waals surface area contributed by atoms with E-state index in [1.54, 1.807) is 12.4 Å². The molecule has 0 unspecified atom stereocenters. The van der Waals surface area contributed by atoms with Crippen molar-refractivity contribution in [2.24, 2.45) is 3.76 Å². The van der Waals surface area contributed by atoms with Gasteiger partial charge < -0.3 is 0 Å². The normalized spacial score (nSPS) is 14.6. The Morgan fingerprint density at radius 2 is 1.32 bits per heavy atom. The number of ether oxygens (including phenoxy) is 1. The van der Waals surface area contributed by atoms with Crippen molar-refractivity contribution in [2.45, 2.75) is 0 Å². The topological polar surface area (TPSA) is 63.5 Å². The quantitative estimate of drug-likeness (QED) is 0.446. The summed E-state index contributed by atoms with van der Waals surface area (Å²) >= 11 is -2.11. The molecule has 0 N–H and O–H groups in total. The van der Waals surface area contributed by atoms with E-state index in [-0.39, 0.29) is 0 Å². The monoisotopic (exact) mass is 595 g/mol. The van der Waals surface area contributed by atoms with E-state index < -0.39 is 14.0 Å². The Morgan fingerprint density at radius 1 is 0.786 bits per heavy atom. The molecule has 0 radical (unpaired) electrons. The van der Waals surface area contributed by atoms with Gasteiger partial charge in [0.25, 0.3) is 0 Å². The summed E-state index contributed by atoms with van der Waals surface area (Å²) in [6.07, 6.45) is 3.54. The smallest absolute Gasteiger partial charge is 0.0894 e. The van der Waals surface area contributed by atoms with Crippen molar-refractivity contribution >= 4 is 19.3 Å². The molecule has 1 aliphatic rings. The van der Waals surface area contributed by atoms with E-state index in [9.17, 15) is 0 Å². The van der Waals surface area contributed by atoms with Crippen LogP contribution in [-0.4, -0.2) is 46.3 Å². The Hall–Kier alpha value is -1.61. The second kappa shape index (κ2) is 11.4. The standard InChI is InChI=1S/C15H11N3.C4H8N2O.2ClH.Os/c1-3-10-16-12(6-1)14-8-5-9-15(18-14)13-7-2-4-11-17-13;5-6-1-3-7-4-2-6;;;/h1-11H;1-4H2;2*1H;/q;;;;+2/p-2. The maximum atomic E-state index is 5.60. The van der Waals surface area contributed by atoms with Gasteiger partial charge in [-0.25, -0.2) is 4.98 Å². The summed E-state index contributed by atoms with van der Waals surface area (Å²) in [5.74, 6) is 0. The third-order valence-corrected chi connectivity index (χ3v) is 5.72. The van der Waals surface area contributed by atoms with Crippen LogP contribution in [0.2, 0.25) is 0 Å². The molecular weight excluding hydrogens is 575 g/mol. The molecule has 0 spiro atoms. The summed E-state index contributed by atoms with van der Waals surface area (Å²) in [6, 6.07) is 17.5. The van der Waals surface area contributed by atoms with Gasteiger partial charge >= 0.3 is 73.1 Å². The Morgan fingerprint density at radius 3 is 1.79 bits per heavy atom. The van der Waals surface area contributed by atoms with Gasteiger partial charge in [-0.3, -0.25) is 9.97 Å². The minimum absolute atomic E-state index is 0.740. The molecule has 1 aliphatic heterocycles. The Kier molecular flexibility index (Phi) is 8.59. The van der Waals surface area contributed by atoms with Crippen molar-refractivity contribution in [1.29, 1.82) is 0 Å². The molecule has 28 heavy (non-hydrogen) atoms. The summed E-state index contributed by atoms with van der Waals surface area (Å²) in [5, 5.41) is 1.91. The predicted molar refractivity (Wildman–Crippen MR) is 107 cm³/mol. The molecule has 148 valence electrons. The molecule has 0 aromatic carbocycles. The van der Waals surface area contributed by atoms with Gasteiger partial charge in [-0.2, -0.15) is 0 Å². The number of hydrogen-bond acceptors (Lipinski definition) is 6. The van der Waals surface area contributed by atoms with Gasteiger partial charge in [0, 0.05) is 12.4 Å². The van der Waals surface area contributed by atoms with E-state index in [4.69, 9.17) is 24.0 Å². The van der Waals surface area contributed by atoms with Gasteiger partial charge in [0.1, 0.15) is 0 Å². The summed E-state index contributed by atoms with van der Waals surface area (Å²) in [5.41, 5.74) is 3.46. The second-order valence-corrected chi connectivity index (χ2v) is 12.6. The number of nitrogens with zero attached hydrogens (tertiary/aromatic N) is 5. The minimum atomic E-state index is -2.11. The van der Waals surface area contributed by atoms with E-state index in [0.717, 1.165) is 49.1 Å². The van der Waals surface area contributed by atoms with Crippen LogP contribution in [0, 0.1) is 0 Å². The molecule has 4 heterocycles. The molecule has 9 heteroatoms. The average Bonchev–Trinajstić information content (AvgIpc) is 2.76. The van der Waals surface area contributed by atoms with Crippen LogP contribution in [-0.2, 0) is 18.8 Å². The van der Waals surface area contributed by atoms with Crippen molar-refractivity contribution in [3.63, 3.8) is 0 Å². The SMILES string of the molecule is [Cl][Os]([Cl])=[N]N1CCOCC1.c1ccc(-c2cccc(-c3ccccn3)n2)nc1. The second-order valence-electron chi connectivity index (χ2n) is 5.64. The maximum absolute atomic E-state index is 5.60. The van der Waals surface area contributed by atoms with Crippen LogP contribution in [0.4, 0.5) is 0 Å². The number of rotatable bonds is 3. The number of halogens is 2. The Labute approximate surface area is 177 Å². The van der Waals surface area contributed by atoms with E-state index in [2.05, 4.69) is 18.7 Å². The van der Waals surface area contributed by atoms with Crippen LogP contribution in [0.1, 0.15) is 0 Å². The van der Waals surface area contributed by atoms with Gasteiger partial charge in [-0.15, -0.1) is 0 Å². The summed E-state index contributed by atoms with van der Waals surface area (Å²) in [4.78, 5) is 13.2. The fourth-order valence-corrected chi connectivity index (χ4v) is 4.74. The van der Waals surface area contributed by atoms with E-state index in [0.29, 0.717) is 0 Å². The number of morpholine rings is 1. The number of pyridine rings is 3. The van der Waals surface area contributed by atoms with Gasteiger partial charge in [0.05, 0.1) is 22.8 Å². The van der Waals surface area contributed by atoms with E-state index in [1.165, 1.54) is 0 Å². The van der Waals surface area contributed by atoms with Gasteiger partial charge in [-0.1, -0.05) is 18.2 Å². The average molecular weight is 595 g/mol. The molecule has 6 nitrogen and oxygen atoms in total. The molecular formula is C19H19Cl2N5OOs. The van der Waals surface area contributed by atoms with Crippen LogP contribution in [0.3, 0.4) is 0 Å². The van der Waals surface area contributed by atoms with Crippen molar-refractivity contribution in [3.8, 4) is 22.8 Å². The molecule has 0 atom stereocenters. The zero-order valence-electron chi connectivity index (χ0n) is 14.9. The van der Waals surface area contributed by atoms with Crippen molar-refractivity contribution in [3.05, 3.63) is 67.0 Å². The molecule has 0 amide bonds. The number of hydrogen-bond donors (Lipinski definition) is 0. The molecule has 4 rings (SSSR count). The van der Waals surface area contributed by atoms with Crippen LogP contribution in [0.15, 0.2) is 70.7 Å². The molecule has 0 bridgehead atoms. The first-order valence-electron chi connectivity index (χ1n) is 8.57. The van der Waals surface area contributed by atoms with Crippen molar-refractivity contribution < 1.29 is 18.8 Å². The van der Waals surface area contributed by atoms with Crippen LogP contribution in [0.5, 0.6) is 0 Å². The molecule has 0 saturated carbocycles. The minimum Gasteiger partial charge on any atom is -0.255 e. The first kappa shape index (κ1) is 21.1. The van der Waals surface area contributed by atoms with Crippen molar-refractivity contribution in [1.82, 2.24) is 20.0 Å². The van der Waals surface area contributed by atoms with Crippen LogP contribution in [0.25, 0.3) is 22.8 Å². The zero-order chi connectivity index (χ0) is 19.6. The summed E-state index contributed by atoms with van der Waals surface area (Å²) in [7, 11) is 11.2. The first-order chi connectivity index (χ1) is 13.7. The number of aromatic nitrogens is 3. The van der Waals surface area contributed by atoms with Gasteiger partial charge in [0.15, 0.2) is 0 Å². The maximum Gasteiger partial charge on any atom is 0.0894 e. The molecule has 3 aromatic heterocycles. The Balaban J connectivity index is 0.000000192. The molecule has 0 aliphatic carbocycles. The van der Waals surface area contributed by atoms with Crippen LogP contribution < -0.4 is 0 Å². The zero-order valence-corrected chi connectivity index (χ0v) is 19.0.